The number of ether oxygens (including phenoxy) is 1. The van der Waals surface area contributed by atoms with Gasteiger partial charge in [0.05, 0.1) is 0 Å². The van der Waals surface area contributed by atoms with Crippen LogP contribution < -0.4 is 10.1 Å². The summed E-state index contributed by atoms with van der Waals surface area (Å²) in [5.41, 5.74) is 4.15. The first-order valence-corrected chi connectivity index (χ1v) is 7.86. The van der Waals surface area contributed by atoms with Gasteiger partial charge in [0, 0.05) is 0 Å². The van der Waals surface area contributed by atoms with Crippen molar-refractivity contribution in [2.45, 2.75) is 65.2 Å². The third-order valence-corrected chi connectivity index (χ3v) is 4.09. The van der Waals surface area contributed by atoms with Crippen molar-refractivity contribution in [3.63, 3.8) is 0 Å². The Hall–Kier alpha value is -1.06. The minimum absolute atomic E-state index is 0.313. The lowest BCUT2D eigenvalue weighted by Crippen LogP contribution is -2.44. The summed E-state index contributed by atoms with van der Waals surface area (Å²) >= 11 is 0. The Morgan fingerprint density at radius 2 is 2.00 bits per heavy atom. The van der Waals surface area contributed by atoms with Gasteiger partial charge in [0.25, 0.3) is 0 Å². The highest BCUT2D eigenvalue weighted by molar-refractivity contribution is 5.47. The largest absolute Gasteiger partial charge is 0.472 e. The first kappa shape index (κ1) is 15.3. The van der Waals surface area contributed by atoms with Crippen molar-refractivity contribution in [2.24, 2.45) is 0 Å². The van der Waals surface area contributed by atoms with Gasteiger partial charge in [0.2, 0.25) is 0 Å². The topological polar surface area (TPSA) is 41.5 Å². The van der Waals surface area contributed by atoms with Gasteiger partial charge in [0.1, 0.15) is 11.9 Å². The van der Waals surface area contributed by atoms with Crippen LogP contribution in [0, 0.1) is 6.92 Å². The molecule has 0 aliphatic heterocycles. The van der Waals surface area contributed by atoms with E-state index < -0.39 is 6.10 Å². The quantitative estimate of drug-likeness (QED) is 0.753. The summed E-state index contributed by atoms with van der Waals surface area (Å²) in [7, 11) is 0. The SMILES string of the molecule is CCCNC(Oc1ccc(C)c2c1CCC2)C(O)CC. The number of nitrogens with one attached hydrogen (secondary N) is 1. The van der Waals surface area contributed by atoms with Crippen LogP contribution in [0.1, 0.15) is 49.8 Å². The fourth-order valence-electron chi connectivity index (χ4n) is 2.86. The molecule has 0 saturated heterocycles. The van der Waals surface area contributed by atoms with Crippen molar-refractivity contribution < 1.29 is 9.84 Å². The van der Waals surface area contributed by atoms with Gasteiger partial charge in [-0.25, -0.2) is 0 Å². The Balaban J connectivity index is 2.16. The van der Waals surface area contributed by atoms with Gasteiger partial charge in [-0.2, -0.15) is 0 Å². The zero-order chi connectivity index (χ0) is 14.5. The van der Waals surface area contributed by atoms with Gasteiger partial charge in [-0.3, -0.25) is 5.32 Å². The molecule has 1 aliphatic rings. The standard InChI is InChI=1S/C17H27NO2/c1-4-11-18-17(15(19)5-2)20-16-10-9-12(3)13-7-6-8-14(13)16/h9-10,15,17-19H,4-8,11H2,1-3H3. The molecule has 0 fully saturated rings. The van der Waals surface area contributed by atoms with Crippen LogP contribution in [0.3, 0.4) is 0 Å². The molecule has 0 radical (unpaired) electrons. The molecule has 0 spiro atoms. The second-order valence-electron chi connectivity index (χ2n) is 5.66. The summed E-state index contributed by atoms with van der Waals surface area (Å²) < 4.78 is 6.11. The third kappa shape index (κ3) is 3.33. The summed E-state index contributed by atoms with van der Waals surface area (Å²) in [4.78, 5) is 0. The molecule has 1 aromatic carbocycles. The van der Waals surface area contributed by atoms with E-state index in [-0.39, 0.29) is 6.23 Å². The highest BCUT2D eigenvalue weighted by Crippen LogP contribution is 2.33. The number of rotatable bonds is 7. The van der Waals surface area contributed by atoms with E-state index >= 15 is 0 Å². The van der Waals surface area contributed by atoms with Crippen molar-refractivity contribution in [3.05, 3.63) is 28.8 Å². The van der Waals surface area contributed by atoms with E-state index in [4.69, 9.17) is 4.74 Å². The van der Waals surface area contributed by atoms with E-state index in [1.165, 1.54) is 23.1 Å². The minimum Gasteiger partial charge on any atom is -0.472 e. The molecule has 2 unspecified atom stereocenters. The lowest BCUT2D eigenvalue weighted by molar-refractivity contribution is 0.0133. The average Bonchev–Trinajstić information content (AvgIpc) is 2.95. The number of aliphatic hydroxyl groups is 1. The molecule has 3 heteroatoms. The molecular weight excluding hydrogens is 250 g/mol. The van der Waals surface area contributed by atoms with Crippen LogP contribution in [0.15, 0.2) is 12.1 Å². The second-order valence-corrected chi connectivity index (χ2v) is 5.66. The average molecular weight is 277 g/mol. The molecule has 112 valence electrons. The van der Waals surface area contributed by atoms with Gasteiger partial charge in [-0.05, 0) is 68.3 Å². The Bertz CT molecular complexity index is 445. The molecule has 20 heavy (non-hydrogen) atoms. The fraction of sp³-hybridized carbons (Fsp3) is 0.647. The Morgan fingerprint density at radius 3 is 2.70 bits per heavy atom. The van der Waals surface area contributed by atoms with Crippen LogP contribution in [0.4, 0.5) is 0 Å². The number of hydrogen-bond donors (Lipinski definition) is 2. The molecule has 1 aliphatic carbocycles. The maximum Gasteiger partial charge on any atom is 0.176 e. The van der Waals surface area contributed by atoms with Crippen LogP contribution in [0.2, 0.25) is 0 Å². The molecule has 2 atom stereocenters. The smallest absolute Gasteiger partial charge is 0.176 e. The van der Waals surface area contributed by atoms with E-state index in [0.29, 0.717) is 6.42 Å². The van der Waals surface area contributed by atoms with Gasteiger partial charge < -0.3 is 9.84 Å². The predicted molar refractivity (Wildman–Crippen MR) is 82.2 cm³/mol. The van der Waals surface area contributed by atoms with Gasteiger partial charge in [-0.1, -0.05) is 19.9 Å². The maximum atomic E-state index is 10.1. The molecule has 0 amide bonds. The number of benzene rings is 1. The summed E-state index contributed by atoms with van der Waals surface area (Å²) in [6, 6.07) is 4.19. The summed E-state index contributed by atoms with van der Waals surface area (Å²) in [6.07, 6.45) is 4.39. The molecule has 2 rings (SSSR count). The van der Waals surface area contributed by atoms with E-state index in [2.05, 4.69) is 31.3 Å². The number of aryl methyl sites for hydroxylation is 1. The van der Waals surface area contributed by atoms with E-state index in [0.717, 1.165) is 31.6 Å². The highest BCUT2D eigenvalue weighted by Gasteiger charge is 2.23. The second kappa shape index (κ2) is 7.09. The van der Waals surface area contributed by atoms with Gasteiger partial charge >= 0.3 is 0 Å². The molecular formula is C17H27NO2. The van der Waals surface area contributed by atoms with Crippen LogP contribution >= 0.6 is 0 Å². The normalized spacial score (nSPS) is 16.8. The number of aliphatic hydroxyl groups excluding tert-OH is 1. The summed E-state index contributed by atoms with van der Waals surface area (Å²) in [5, 5.41) is 13.4. The molecule has 0 heterocycles. The van der Waals surface area contributed by atoms with Crippen LogP contribution in [0.25, 0.3) is 0 Å². The molecule has 0 bridgehead atoms. The zero-order valence-corrected chi connectivity index (χ0v) is 12.9. The van der Waals surface area contributed by atoms with Crippen molar-refractivity contribution in [1.82, 2.24) is 5.32 Å². The minimum atomic E-state index is -0.472. The Kier molecular flexibility index (Phi) is 5.44. The van der Waals surface area contributed by atoms with Crippen molar-refractivity contribution in [3.8, 4) is 5.75 Å². The summed E-state index contributed by atoms with van der Waals surface area (Å²) in [6.45, 7) is 7.12. The van der Waals surface area contributed by atoms with Crippen LogP contribution in [0.5, 0.6) is 5.75 Å². The summed E-state index contributed by atoms with van der Waals surface area (Å²) in [5.74, 6) is 0.948. The first-order valence-electron chi connectivity index (χ1n) is 7.86. The van der Waals surface area contributed by atoms with Crippen LogP contribution in [-0.4, -0.2) is 24.0 Å². The number of hydrogen-bond acceptors (Lipinski definition) is 3. The molecule has 0 aromatic heterocycles. The highest BCUT2D eigenvalue weighted by atomic mass is 16.5. The van der Waals surface area contributed by atoms with Crippen LogP contribution in [-0.2, 0) is 12.8 Å². The van der Waals surface area contributed by atoms with Gasteiger partial charge in [0.15, 0.2) is 6.23 Å². The fourth-order valence-corrected chi connectivity index (χ4v) is 2.86. The third-order valence-electron chi connectivity index (χ3n) is 4.09. The monoisotopic (exact) mass is 277 g/mol. The van der Waals surface area contributed by atoms with E-state index in [1.807, 2.05) is 6.92 Å². The molecule has 2 N–H and O–H groups in total. The Labute approximate surface area is 122 Å². The molecule has 0 saturated carbocycles. The zero-order valence-electron chi connectivity index (χ0n) is 12.9. The molecule has 3 nitrogen and oxygen atoms in total. The first-order chi connectivity index (χ1) is 9.67. The Morgan fingerprint density at radius 1 is 1.25 bits per heavy atom. The van der Waals surface area contributed by atoms with Gasteiger partial charge in [-0.15, -0.1) is 0 Å². The van der Waals surface area contributed by atoms with Crippen molar-refractivity contribution in [2.75, 3.05) is 6.54 Å². The van der Waals surface area contributed by atoms with Crippen molar-refractivity contribution in [1.29, 1.82) is 0 Å². The molecule has 1 aromatic rings. The lowest BCUT2D eigenvalue weighted by Gasteiger charge is -2.26. The maximum absolute atomic E-state index is 10.1. The van der Waals surface area contributed by atoms with E-state index in [1.54, 1.807) is 0 Å². The van der Waals surface area contributed by atoms with Crippen molar-refractivity contribution >= 4 is 0 Å². The lowest BCUT2D eigenvalue weighted by atomic mass is 10.0. The number of fused-ring (bicyclic) bond motifs is 1. The van der Waals surface area contributed by atoms with E-state index in [9.17, 15) is 5.11 Å². The predicted octanol–water partition coefficient (Wildman–Crippen LogP) is 2.96.